The van der Waals surface area contributed by atoms with Gasteiger partial charge in [-0.2, -0.15) is 4.39 Å². The monoisotopic (exact) mass is 276 g/mol. The van der Waals surface area contributed by atoms with Crippen LogP contribution in [-0.2, 0) is 4.74 Å². The summed E-state index contributed by atoms with van der Waals surface area (Å²) in [6.45, 7) is 2.08. The summed E-state index contributed by atoms with van der Waals surface area (Å²) in [7, 11) is 0.983. The molecule has 0 heterocycles. The molecule has 0 unspecified atom stereocenters. The van der Waals surface area contributed by atoms with E-state index in [4.69, 9.17) is 4.74 Å². The van der Waals surface area contributed by atoms with Crippen molar-refractivity contribution in [2.75, 3.05) is 13.7 Å². The highest BCUT2D eigenvalue weighted by atomic mass is 19.2. The van der Waals surface area contributed by atoms with E-state index in [-0.39, 0.29) is 6.61 Å². The summed E-state index contributed by atoms with van der Waals surface area (Å²) in [4.78, 5) is 11.6. The Morgan fingerprint density at radius 1 is 1.21 bits per heavy atom. The van der Waals surface area contributed by atoms with Gasteiger partial charge in [0, 0.05) is 0 Å². The van der Waals surface area contributed by atoms with Crippen molar-refractivity contribution in [1.29, 1.82) is 0 Å². The Bertz CT molecular complexity index is 461. The lowest BCUT2D eigenvalue weighted by atomic mass is 10.2. The molecule has 0 fully saturated rings. The molecule has 0 saturated carbocycles. The van der Waals surface area contributed by atoms with Crippen molar-refractivity contribution >= 4 is 5.97 Å². The molecular weight excluding hydrogens is 261 g/mol. The van der Waals surface area contributed by atoms with Crippen molar-refractivity contribution in [2.24, 2.45) is 0 Å². The number of methoxy groups -OCH3 is 1. The zero-order valence-electron chi connectivity index (χ0n) is 10.8. The molecule has 0 radical (unpaired) electrons. The summed E-state index contributed by atoms with van der Waals surface area (Å²) in [6.07, 6.45) is 2.42. The molecule has 1 rings (SSSR count). The van der Waals surface area contributed by atoms with Gasteiger partial charge in [0.1, 0.15) is 5.56 Å². The quantitative estimate of drug-likeness (QED) is 0.453. The number of halogens is 3. The first-order chi connectivity index (χ1) is 9.02. The standard InChI is InChI=1S/C13H15F3O3/c1-3-4-5-6-19-13(17)8-7-9(14)11(16)12(18-2)10(8)15/h7H,3-6H2,1-2H3. The van der Waals surface area contributed by atoms with Crippen molar-refractivity contribution in [3.8, 4) is 5.75 Å². The average Bonchev–Trinajstić information content (AvgIpc) is 2.39. The zero-order chi connectivity index (χ0) is 14.4. The maximum absolute atomic E-state index is 13.7. The van der Waals surface area contributed by atoms with Gasteiger partial charge >= 0.3 is 5.97 Å². The first-order valence-electron chi connectivity index (χ1n) is 5.91. The highest BCUT2D eigenvalue weighted by molar-refractivity contribution is 5.90. The topological polar surface area (TPSA) is 35.5 Å². The Morgan fingerprint density at radius 3 is 2.47 bits per heavy atom. The van der Waals surface area contributed by atoms with Crippen LogP contribution in [0.15, 0.2) is 6.07 Å². The lowest BCUT2D eigenvalue weighted by molar-refractivity contribution is 0.0491. The van der Waals surface area contributed by atoms with E-state index in [2.05, 4.69) is 4.74 Å². The number of unbranched alkanes of at least 4 members (excludes halogenated alkanes) is 2. The van der Waals surface area contributed by atoms with Gasteiger partial charge in [-0.3, -0.25) is 0 Å². The molecule has 1 aromatic carbocycles. The van der Waals surface area contributed by atoms with E-state index in [0.717, 1.165) is 20.0 Å². The van der Waals surface area contributed by atoms with E-state index in [1.165, 1.54) is 0 Å². The summed E-state index contributed by atoms with van der Waals surface area (Å²) in [6, 6.07) is 0.468. The van der Waals surface area contributed by atoms with Crippen LogP contribution in [0.1, 0.15) is 36.5 Å². The molecule has 1 aromatic rings. The van der Waals surface area contributed by atoms with Crippen LogP contribution in [0.5, 0.6) is 5.75 Å². The highest BCUT2D eigenvalue weighted by Gasteiger charge is 2.24. The van der Waals surface area contributed by atoms with Gasteiger partial charge < -0.3 is 9.47 Å². The Morgan fingerprint density at radius 2 is 1.89 bits per heavy atom. The molecule has 0 N–H and O–H groups in total. The highest BCUT2D eigenvalue weighted by Crippen LogP contribution is 2.27. The molecule has 0 atom stereocenters. The summed E-state index contributed by atoms with van der Waals surface area (Å²) in [5.41, 5.74) is -0.674. The third-order valence-corrected chi connectivity index (χ3v) is 2.52. The molecule has 0 aromatic heterocycles. The molecule has 106 valence electrons. The van der Waals surface area contributed by atoms with E-state index >= 15 is 0 Å². The third-order valence-electron chi connectivity index (χ3n) is 2.52. The Hall–Kier alpha value is -1.72. The molecule has 6 heteroatoms. The van der Waals surface area contributed by atoms with Crippen LogP contribution in [0.25, 0.3) is 0 Å². The van der Waals surface area contributed by atoms with E-state index in [1.54, 1.807) is 0 Å². The van der Waals surface area contributed by atoms with Gasteiger partial charge in [-0.25, -0.2) is 13.6 Å². The lowest BCUT2D eigenvalue weighted by Crippen LogP contribution is -2.11. The molecule has 3 nitrogen and oxygen atoms in total. The Kier molecular flexibility index (Phi) is 5.66. The van der Waals surface area contributed by atoms with Gasteiger partial charge in [-0.15, -0.1) is 0 Å². The first-order valence-corrected chi connectivity index (χ1v) is 5.91. The molecular formula is C13H15F3O3. The average molecular weight is 276 g/mol. The van der Waals surface area contributed by atoms with Crippen molar-refractivity contribution in [1.82, 2.24) is 0 Å². The van der Waals surface area contributed by atoms with Crippen molar-refractivity contribution in [3.63, 3.8) is 0 Å². The van der Waals surface area contributed by atoms with E-state index in [9.17, 15) is 18.0 Å². The second kappa shape index (κ2) is 7.01. The van der Waals surface area contributed by atoms with Crippen LogP contribution < -0.4 is 4.74 Å². The van der Waals surface area contributed by atoms with Gasteiger partial charge in [-0.1, -0.05) is 19.8 Å². The number of esters is 1. The van der Waals surface area contributed by atoms with Crippen LogP contribution in [0, 0.1) is 17.5 Å². The van der Waals surface area contributed by atoms with Crippen molar-refractivity contribution in [2.45, 2.75) is 26.2 Å². The fraction of sp³-hybridized carbons (Fsp3) is 0.462. The van der Waals surface area contributed by atoms with Crippen LogP contribution >= 0.6 is 0 Å². The minimum absolute atomic E-state index is 0.105. The minimum atomic E-state index is -1.47. The van der Waals surface area contributed by atoms with Crippen molar-refractivity contribution < 1.29 is 27.4 Å². The van der Waals surface area contributed by atoms with Crippen LogP contribution in [0.3, 0.4) is 0 Å². The predicted octanol–water partition coefficient (Wildman–Crippen LogP) is 3.46. The minimum Gasteiger partial charge on any atom is -0.491 e. The molecule has 0 saturated heterocycles. The summed E-state index contributed by atoms with van der Waals surface area (Å²) >= 11 is 0. The summed E-state index contributed by atoms with van der Waals surface area (Å²) < 4.78 is 49.2. The number of hydrogen-bond acceptors (Lipinski definition) is 3. The molecule has 0 bridgehead atoms. The number of carbonyl (C=O) groups excluding carboxylic acids is 1. The maximum atomic E-state index is 13.7. The second-order valence-electron chi connectivity index (χ2n) is 3.91. The van der Waals surface area contributed by atoms with Crippen molar-refractivity contribution in [3.05, 3.63) is 29.1 Å². The smallest absolute Gasteiger partial charge is 0.341 e. The van der Waals surface area contributed by atoms with Crippen LogP contribution in [0.4, 0.5) is 13.2 Å². The summed E-state index contributed by atoms with van der Waals surface area (Å²) in [5, 5.41) is 0. The van der Waals surface area contributed by atoms with E-state index in [1.807, 2.05) is 6.92 Å². The number of ether oxygens (including phenoxy) is 2. The lowest BCUT2D eigenvalue weighted by Gasteiger charge is -2.09. The predicted molar refractivity (Wildman–Crippen MR) is 62.7 cm³/mol. The van der Waals surface area contributed by atoms with Gasteiger partial charge in [0.2, 0.25) is 5.82 Å². The maximum Gasteiger partial charge on any atom is 0.341 e. The number of hydrogen-bond donors (Lipinski definition) is 0. The molecule has 0 aliphatic rings. The molecule has 0 aliphatic carbocycles. The largest absolute Gasteiger partial charge is 0.491 e. The number of carbonyl (C=O) groups is 1. The van der Waals surface area contributed by atoms with Gasteiger partial charge in [0.05, 0.1) is 13.7 Å². The van der Waals surface area contributed by atoms with E-state index in [0.29, 0.717) is 12.5 Å². The SMILES string of the molecule is CCCCCOC(=O)c1cc(F)c(F)c(OC)c1F. The van der Waals surface area contributed by atoms with Crippen LogP contribution in [-0.4, -0.2) is 19.7 Å². The Balaban J connectivity index is 2.88. The fourth-order valence-corrected chi connectivity index (χ4v) is 1.50. The number of benzene rings is 1. The molecule has 19 heavy (non-hydrogen) atoms. The van der Waals surface area contributed by atoms with E-state index < -0.39 is 34.7 Å². The second-order valence-corrected chi connectivity index (χ2v) is 3.91. The first kappa shape index (κ1) is 15.3. The van der Waals surface area contributed by atoms with Gasteiger partial charge in [-0.05, 0) is 12.5 Å². The number of rotatable bonds is 6. The van der Waals surface area contributed by atoms with Gasteiger partial charge in [0.15, 0.2) is 17.4 Å². The molecule has 0 spiro atoms. The molecule has 0 aliphatic heterocycles. The fourth-order valence-electron chi connectivity index (χ4n) is 1.50. The third kappa shape index (κ3) is 3.62. The Labute approximate surface area is 109 Å². The van der Waals surface area contributed by atoms with Gasteiger partial charge in [0.25, 0.3) is 0 Å². The summed E-state index contributed by atoms with van der Waals surface area (Å²) in [5.74, 6) is -6.06. The molecule has 0 amide bonds. The zero-order valence-corrected chi connectivity index (χ0v) is 10.8. The van der Waals surface area contributed by atoms with Crippen LogP contribution in [0.2, 0.25) is 0 Å². The normalized spacial score (nSPS) is 10.4.